The molecule has 0 bridgehead atoms. The molecule has 1 aliphatic heterocycles. The molecular formula is C18H28N2O. The molecule has 1 heterocycles. The second kappa shape index (κ2) is 7.28. The third-order valence-electron chi connectivity index (χ3n) is 4.98. The van der Waals surface area contributed by atoms with E-state index in [1.165, 1.54) is 48.9 Å². The molecule has 116 valence electrons. The van der Waals surface area contributed by atoms with Crippen molar-refractivity contribution in [2.75, 3.05) is 31.6 Å². The Kier molecular flexibility index (Phi) is 5.15. The lowest BCUT2D eigenvalue weighted by molar-refractivity contribution is 0.155. The van der Waals surface area contributed by atoms with Gasteiger partial charge in [-0.15, -0.1) is 0 Å². The molecule has 1 aliphatic carbocycles. The van der Waals surface area contributed by atoms with Crippen molar-refractivity contribution in [3.05, 3.63) is 29.3 Å². The second-order valence-corrected chi connectivity index (χ2v) is 6.59. The standard InChI is InChI=1S/C18H28N2O/c21-12-11-20(13-15-5-2-1-3-6-15)14-17-8-4-7-16-9-10-19-18(16)17/h4,7-8,15,19,21H,1-3,5-6,9-14H2. The lowest BCUT2D eigenvalue weighted by atomic mass is 9.89. The van der Waals surface area contributed by atoms with Crippen molar-refractivity contribution in [3.8, 4) is 0 Å². The van der Waals surface area contributed by atoms with Gasteiger partial charge in [-0.25, -0.2) is 0 Å². The van der Waals surface area contributed by atoms with Gasteiger partial charge in [-0.3, -0.25) is 4.90 Å². The summed E-state index contributed by atoms with van der Waals surface area (Å²) in [5.41, 5.74) is 4.20. The van der Waals surface area contributed by atoms with E-state index in [1.54, 1.807) is 0 Å². The van der Waals surface area contributed by atoms with Crippen molar-refractivity contribution in [2.45, 2.75) is 45.1 Å². The third-order valence-corrected chi connectivity index (χ3v) is 4.98. The average molecular weight is 288 g/mol. The van der Waals surface area contributed by atoms with Crippen molar-refractivity contribution in [2.24, 2.45) is 5.92 Å². The number of nitrogens with zero attached hydrogens (tertiary/aromatic N) is 1. The van der Waals surface area contributed by atoms with Crippen molar-refractivity contribution >= 4 is 5.69 Å². The Morgan fingerprint density at radius 3 is 2.86 bits per heavy atom. The van der Waals surface area contributed by atoms with E-state index in [1.807, 2.05) is 0 Å². The van der Waals surface area contributed by atoms with Gasteiger partial charge in [0.05, 0.1) is 6.61 Å². The molecule has 2 N–H and O–H groups in total. The number of hydrogen-bond acceptors (Lipinski definition) is 3. The molecular weight excluding hydrogens is 260 g/mol. The van der Waals surface area contributed by atoms with Gasteiger partial charge in [0.1, 0.15) is 0 Å². The Morgan fingerprint density at radius 2 is 2.05 bits per heavy atom. The highest BCUT2D eigenvalue weighted by atomic mass is 16.3. The molecule has 3 heteroatoms. The topological polar surface area (TPSA) is 35.5 Å². The molecule has 0 amide bonds. The lowest BCUT2D eigenvalue weighted by Crippen LogP contribution is -2.32. The van der Waals surface area contributed by atoms with Gasteiger partial charge < -0.3 is 10.4 Å². The molecule has 0 aromatic heterocycles. The van der Waals surface area contributed by atoms with E-state index in [0.29, 0.717) is 0 Å². The zero-order chi connectivity index (χ0) is 14.5. The Hall–Kier alpha value is -1.06. The van der Waals surface area contributed by atoms with Crippen LogP contribution < -0.4 is 5.32 Å². The molecule has 0 radical (unpaired) electrons. The summed E-state index contributed by atoms with van der Waals surface area (Å²) in [6, 6.07) is 6.65. The minimum absolute atomic E-state index is 0.259. The number of anilines is 1. The second-order valence-electron chi connectivity index (χ2n) is 6.59. The molecule has 21 heavy (non-hydrogen) atoms. The summed E-state index contributed by atoms with van der Waals surface area (Å²) in [6.07, 6.45) is 8.07. The Balaban J connectivity index is 1.65. The van der Waals surface area contributed by atoms with Crippen LogP contribution in [-0.4, -0.2) is 36.2 Å². The summed E-state index contributed by atoms with van der Waals surface area (Å²) >= 11 is 0. The van der Waals surface area contributed by atoms with Gasteiger partial charge in [-0.2, -0.15) is 0 Å². The maximum absolute atomic E-state index is 9.38. The van der Waals surface area contributed by atoms with Gasteiger partial charge in [0.25, 0.3) is 0 Å². The highest BCUT2D eigenvalue weighted by Crippen LogP contribution is 2.29. The van der Waals surface area contributed by atoms with Gasteiger partial charge >= 0.3 is 0 Å². The summed E-state index contributed by atoms with van der Waals surface area (Å²) in [7, 11) is 0. The monoisotopic (exact) mass is 288 g/mol. The maximum Gasteiger partial charge on any atom is 0.0558 e. The first-order valence-electron chi connectivity index (χ1n) is 8.54. The SMILES string of the molecule is OCCN(Cc1cccc2c1NCC2)CC1CCCCC1. The van der Waals surface area contributed by atoms with Crippen LogP contribution >= 0.6 is 0 Å². The fourth-order valence-corrected chi connectivity index (χ4v) is 3.89. The van der Waals surface area contributed by atoms with Crippen LogP contribution in [-0.2, 0) is 13.0 Å². The van der Waals surface area contributed by atoms with E-state index in [9.17, 15) is 5.11 Å². The first-order chi connectivity index (χ1) is 10.4. The Bertz CT molecular complexity index is 455. The van der Waals surface area contributed by atoms with Crippen LogP contribution in [0.4, 0.5) is 5.69 Å². The number of aliphatic hydroxyl groups is 1. The minimum Gasteiger partial charge on any atom is -0.395 e. The van der Waals surface area contributed by atoms with Crippen LogP contribution in [0.1, 0.15) is 43.2 Å². The van der Waals surface area contributed by atoms with Crippen LogP contribution in [0.2, 0.25) is 0 Å². The zero-order valence-electron chi connectivity index (χ0n) is 13.0. The molecule has 0 saturated heterocycles. The lowest BCUT2D eigenvalue weighted by Gasteiger charge is -2.29. The summed E-state index contributed by atoms with van der Waals surface area (Å²) < 4.78 is 0. The minimum atomic E-state index is 0.259. The normalized spacial score (nSPS) is 18.8. The van der Waals surface area contributed by atoms with Gasteiger partial charge in [0, 0.05) is 31.9 Å². The van der Waals surface area contributed by atoms with Crippen LogP contribution in [0, 0.1) is 5.92 Å². The summed E-state index contributed by atoms with van der Waals surface area (Å²) in [4.78, 5) is 2.45. The van der Waals surface area contributed by atoms with Crippen LogP contribution in [0.25, 0.3) is 0 Å². The van der Waals surface area contributed by atoms with Crippen molar-refractivity contribution < 1.29 is 5.11 Å². The Labute approximate surface area is 128 Å². The van der Waals surface area contributed by atoms with E-state index < -0.39 is 0 Å². The number of aliphatic hydroxyl groups excluding tert-OH is 1. The molecule has 0 spiro atoms. The first-order valence-corrected chi connectivity index (χ1v) is 8.54. The molecule has 0 atom stereocenters. The molecule has 1 aromatic rings. The van der Waals surface area contributed by atoms with Crippen molar-refractivity contribution in [1.29, 1.82) is 0 Å². The first kappa shape index (κ1) is 14.9. The highest BCUT2D eigenvalue weighted by Gasteiger charge is 2.19. The molecule has 3 rings (SSSR count). The van der Waals surface area contributed by atoms with E-state index in [0.717, 1.165) is 38.5 Å². The number of rotatable bonds is 6. The number of nitrogens with one attached hydrogen (secondary N) is 1. The van der Waals surface area contributed by atoms with Gasteiger partial charge in [0.15, 0.2) is 0 Å². The van der Waals surface area contributed by atoms with Gasteiger partial charge in [-0.05, 0) is 36.3 Å². The maximum atomic E-state index is 9.38. The summed E-state index contributed by atoms with van der Waals surface area (Å²) in [5.74, 6) is 0.829. The summed E-state index contributed by atoms with van der Waals surface area (Å²) in [5, 5.41) is 12.9. The Morgan fingerprint density at radius 1 is 1.19 bits per heavy atom. The van der Waals surface area contributed by atoms with E-state index in [2.05, 4.69) is 28.4 Å². The largest absolute Gasteiger partial charge is 0.395 e. The summed E-state index contributed by atoms with van der Waals surface area (Å²) in [6.45, 7) is 4.22. The van der Waals surface area contributed by atoms with Crippen molar-refractivity contribution in [3.63, 3.8) is 0 Å². The molecule has 1 aromatic carbocycles. The van der Waals surface area contributed by atoms with E-state index in [-0.39, 0.29) is 6.61 Å². The van der Waals surface area contributed by atoms with E-state index in [4.69, 9.17) is 0 Å². The number of benzene rings is 1. The van der Waals surface area contributed by atoms with Gasteiger partial charge in [0.2, 0.25) is 0 Å². The predicted octanol–water partition coefficient (Wildman–Crippen LogP) is 3.03. The molecule has 1 saturated carbocycles. The average Bonchev–Trinajstić information content (AvgIpc) is 2.98. The number of hydrogen-bond donors (Lipinski definition) is 2. The van der Waals surface area contributed by atoms with Crippen LogP contribution in [0.5, 0.6) is 0 Å². The van der Waals surface area contributed by atoms with E-state index >= 15 is 0 Å². The fraction of sp³-hybridized carbons (Fsp3) is 0.667. The fourth-order valence-electron chi connectivity index (χ4n) is 3.89. The number of para-hydroxylation sites is 1. The van der Waals surface area contributed by atoms with Crippen molar-refractivity contribution in [1.82, 2.24) is 4.90 Å². The molecule has 1 fully saturated rings. The highest BCUT2D eigenvalue weighted by molar-refractivity contribution is 5.61. The van der Waals surface area contributed by atoms with Gasteiger partial charge in [-0.1, -0.05) is 37.5 Å². The molecule has 3 nitrogen and oxygen atoms in total. The smallest absolute Gasteiger partial charge is 0.0558 e. The molecule has 0 unspecified atom stereocenters. The predicted molar refractivity (Wildman–Crippen MR) is 87.6 cm³/mol. The zero-order valence-corrected chi connectivity index (χ0v) is 13.0. The number of fused-ring (bicyclic) bond motifs is 1. The third kappa shape index (κ3) is 3.78. The van der Waals surface area contributed by atoms with Crippen LogP contribution in [0.3, 0.4) is 0 Å². The van der Waals surface area contributed by atoms with Crippen LogP contribution in [0.15, 0.2) is 18.2 Å². The quantitative estimate of drug-likeness (QED) is 0.844. The molecule has 2 aliphatic rings.